The van der Waals surface area contributed by atoms with Crippen molar-refractivity contribution in [2.45, 2.75) is 12.8 Å². The highest BCUT2D eigenvalue weighted by atomic mass is 35.5. The van der Waals surface area contributed by atoms with Crippen LogP contribution in [0, 0.1) is 5.92 Å². The van der Waals surface area contributed by atoms with Crippen molar-refractivity contribution in [3.8, 4) is 0 Å². The summed E-state index contributed by atoms with van der Waals surface area (Å²) in [4.78, 5) is 10.6. The first-order valence-electron chi connectivity index (χ1n) is 5.55. The average molecular weight is 243 g/mol. The Bertz CT molecular complexity index is 287. The third-order valence-corrected chi connectivity index (χ3v) is 2.82. The van der Waals surface area contributed by atoms with Crippen LogP contribution in [-0.4, -0.2) is 36.6 Å². The molecule has 1 fully saturated rings. The first kappa shape index (κ1) is 13.2. The molecule has 0 aliphatic carbocycles. The van der Waals surface area contributed by atoms with Gasteiger partial charge in [0, 0.05) is 26.0 Å². The molecule has 5 heteroatoms. The van der Waals surface area contributed by atoms with Gasteiger partial charge in [-0.25, -0.2) is 9.97 Å². The molecular formula is C11H19ClN4. The van der Waals surface area contributed by atoms with Gasteiger partial charge in [0.1, 0.15) is 0 Å². The maximum Gasteiger partial charge on any atom is 0.224 e. The van der Waals surface area contributed by atoms with Crippen LogP contribution in [0.4, 0.5) is 5.95 Å². The van der Waals surface area contributed by atoms with Crippen LogP contribution in [0.1, 0.15) is 12.8 Å². The quantitative estimate of drug-likeness (QED) is 0.869. The third kappa shape index (κ3) is 3.61. The maximum absolute atomic E-state index is 4.24. The monoisotopic (exact) mass is 242 g/mol. The minimum absolute atomic E-state index is 0. The molecule has 2 heterocycles. The summed E-state index contributed by atoms with van der Waals surface area (Å²) < 4.78 is 0. The van der Waals surface area contributed by atoms with Crippen molar-refractivity contribution in [2.24, 2.45) is 5.92 Å². The highest BCUT2D eigenvalue weighted by molar-refractivity contribution is 5.85. The lowest BCUT2D eigenvalue weighted by atomic mass is 9.99. The molecule has 0 radical (unpaired) electrons. The predicted octanol–water partition coefficient (Wildman–Crippen LogP) is 1.33. The van der Waals surface area contributed by atoms with Crippen LogP contribution >= 0.6 is 12.4 Å². The van der Waals surface area contributed by atoms with Gasteiger partial charge in [-0.3, -0.25) is 0 Å². The van der Waals surface area contributed by atoms with Crippen molar-refractivity contribution >= 4 is 18.4 Å². The average Bonchev–Trinajstić information content (AvgIpc) is 2.31. The van der Waals surface area contributed by atoms with Gasteiger partial charge in [0.25, 0.3) is 0 Å². The summed E-state index contributed by atoms with van der Waals surface area (Å²) in [5, 5.41) is 3.42. The topological polar surface area (TPSA) is 41.0 Å². The Labute approximate surface area is 103 Å². The van der Waals surface area contributed by atoms with Gasteiger partial charge in [-0.1, -0.05) is 0 Å². The van der Waals surface area contributed by atoms with Crippen molar-refractivity contribution in [2.75, 3.05) is 31.6 Å². The zero-order valence-corrected chi connectivity index (χ0v) is 10.4. The molecule has 0 spiro atoms. The van der Waals surface area contributed by atoms with E-state index in [0.717, 1.165) is 25.0 Å². The zero-order chi connectivity index (χ0) is 10.5. The molecule has 2 rings (SSSR count). The van der Waals surface area contributed by atoms with Crippen LogP contribution in [0.25, 0.3) is 0 Å². The van der Waals surface area contributed by atoms with E-state index in [1.54, 1.807) is 12.4 Å². The Balaban J connectivity index is 0.00000128. The second-order valence-electron chi connectivity index (χ2n) is 4.14. The number of nitrogens with zero attached hydrogens (tertiary/aromatic N) is 3. The van der Waals surface area contributed by atoms with E-state index in [0.29, 0.717) is 0 Å². The van der Waals surface area contributed by atoms with E-state index in [1.807, 2.05) is 6.07 Å². The molecule has 16 heavy (non-hydrogen) atoms. The van der Waals surface area contributed by atoms with Crippen molar-refractivity contribution in [3.05, 3.63) is 18.5 Å². The molecule has 1 aromatic rings. The lowest BCUT2D eigenvalue weighted by Crippen LogP contribution is -2.37. The van der Waals surface area contributed by atoms with Crippen LogP contribution < -0.4 is 10.2 Å². The summed E-state index contributed by atoms with van der Waals surface area (Å²) >= 11 is 0. The van der Waals surface area contributed by atoms with Crippen LogP contribution in [0.15, 0.2) is 18.5 Å². The predicted molar refractivity (Wildman–Crippen MR) is 68.1 cm³/mol. The van der Waals surface area contributed by atoms with E-state index < -0.39 is 0 Å². The fourth-order valence-electron chi connectivity index (χ4n) is 2.04. The van der Waals surface area contributed by atoms with Crippen molar-refractivity contribution in [1.82, 2.24) is 15.3 Å². The molecule has 0 bridgehead atoms. The standard InChI is InChI=1S/C11H18N4.ClH/c1-15(11-13-6-3-7-14-11)9-10-4-2-5-12-8-10;/h3,6-7,10,12H,2,4-5,8-9H2,1H3;1H. The molecule has 1 aliphatic heterocycles. The summed E-state index contributed by atoms with van der Waals surface area (Å²) in [6, 6.07) is 1.85. The van der Waals surface area contributed by atoms with E-state index in [1.165, 1.54) is 19.4 Å². The Morgan fingerprint density at radius 2 is 2.19 bits per heavy atom. The molecular weight excluding hydrogens is 224 g/mol. The summed E-state index contributed by atoms with van der Waals surface area (Å²) in [7, 11) is 2.06. The Hall–Kier alpha value is -0.870. The number of piperidine rings is 1. The van der Waals surface area contributed by atoms with Crippen LogP contribution in [-0.2, 0) is 0 Å². The number of halogens is 1. The molecule has 1 aromatic heterocycles. The molecule has 1 unspecified atom stereocenters. The van der Waals surface area contributed by atoms with Crippen LogP contribution in [0.2, 0.25) is 0 Å². The largest absolute Gasteiger partial charge is 0.344 e. The van der Waals surface area contributed by atoms with Crippen LogP contribution in [0.5, 0.6) is 0 Å². The highest BCUT2D eigenvalue weighted by Gasteiger charge is 2.15. The first-order chi connectivity index (χ1) is 7.36. The number of rotatable bonds is 3. The summed E-state index contributed by atoms with van der Waals surface area (Å²) in [5.74, 6) is 1.55. The fraction of sp³-hybridized carbons (Fsp3) is 0.636. The van der Waals surface area contributed by atoms with E-state index in [2.05, 4.69) is 27.2 Å². The normalized spacial score (nSPS) is 19.9. The number of aromatic nitrogens is 2. The van der Waals surface area contributed by atoms with Crippen molar-refractivity contribution in [3.63, 3.8) is 0 Å². The number of nitrogens with one attached hydrogen (secondary N) is 1. The fourth-order valence-corrected chi connectivity index (χ4v) is 2.04. The summed E-state index contributed by atoms with van der Waals surface area (Å²) in [6.07, 6.45) is 6.17. The molecule has 90 valence electrons. The molecule has 1 atom stereocenters. The molecule has 0 amide bonds. The SMILES string of the molecule is CN(CC1CCCNC1)c1ncccn1.Cl. The molecule has 1 saturated heterocycles. The van der Waals surface area contributed by atoms with Gasteiger partial charge in [0.2, 0.25) is 5.95 Å². The van der Waals surface area contributed by atoms with Gasteiger partial charge in [-0.2, -0.15) is 0 Å². The van der Waals surface area contributed by atoms with Gasteiger partial charge in [0.15, 0.2) is 0 Å². The van der Waals surface area contributed by atoms with Gasteiger partial charge in [-0.15, -0.1) is 12.4 Å². The summed E-state index contributed by atoms with van der Waals surface area (Å²) in [6.45, 7) is 3.33. The lowest BCUT2D eigenvalue weighted by Gasteiger charge is -2.27. The second kappa shape index (κ2) is 6.66. The second-order valence-corrected chi connectivity index (χ2v) is 4.14. The first-order valence-corrected chi connectivity index (χ1v) is 5.55. The van der Waals surface area contributed by atoms with Crippen molar-refractivity contribution in [1.29, 1.82) is 0 Å². The van der Waals surface area contributed by atoms with Gasteiger partial charge >= 0.3 is 0 Å². The maximum atomic E-state index is 4.24. The minimum Gasteiger partial charge on any atom is -0.344 e. The van der Waals surface area contributed by atoms with Gasteiger partial charge in [0.05, 0.1) is 0 Å². The molecule has 0 saturated carbocycles. The molecule has 1 aliphatic rings. The molecule has 0 aromatic carbocycles. The molecule has 1 N–H and O–H groups in total. The minimum atomic E-state index is 0. The smallest absolute Gasteiger partial charge is 0.224 e. The number of hydrogen-bond acceptors (Lipinski definition) is 4. The Kier molecular flexibility index (Phi) is 5.49. The van der Waals surface area contributed by atoms with E-state index in [9.17, 15) is 0 Å². The summed E-state index contributed by atoms with van der Waals surface area (Å²) in [5.41, 5.74) is 0. The van der Waals surface area contributed by atoms with Crippen molar-refractivity contribution < 1.29 is 0 Å². The lowest BCUT2D eigenvalue weighted by molar-refractivity contribution is 0.380. The van der Waals surface area contributed by atoms with E-state index >= 15 is 0 Å². The molecule has 4 nitrogen and oxygen atoms in total. The van der Waals surface area contributed by atoms with Gasteiger partial charge in [-0.05, 0) is 37.9 Å². The zero-order valence-electron chi connectivity index (χ0n) is 9.59. The third-order valence-electron chi connectivity index (χ3n) is 2.82. The van der Waals surface area contributed by atoms with E-state index in [4.69, 9.17) is 0 Å². The highest BCUT2D eigenvalue weighted by Crippen LogP contribution is 2.13. The number of anilines is 1. The Morgan fingerprint density at radius 1 is 1.44 bits per heavy atom. The van der Waals surface area contributed by atoms with E-state index in [-0.39, 0.29) is 12.4 Å². The Morgan fingerprint density at radius 3 is 2.81 bits per heavy atom. The van der Waals surface area contributed by atoms with Gasteiger partial charge < -0.3 is 10.2 Å². The van der Waals surface area contributed by atoms with Crippen LogP contribution in [0.3, 0.4) is 0 Å². The number of hydrogen-bond donors (Lipinski definition) is 1.